The van der Waals surface area contributed by atoms with Crippen LogP contribution in [0.2, 0.25) is 0 Å². The molecule has 0 amide bonds. The number of rotatable bonds is 1. The molecule has 0 saturated carbocycles. The van der Waals surface area contributed by atoms with Crippen LogP contribution in [0.1, 0.15) is 0 Å². The SMILES string of the molecule is CN1CCN(CC#N)CC1C#N. The van der Waals surface area contributed by atoms with Crippen LogP contribution in [0.4, 0.5) is 0 Å². The molecule has 0 radical (unpaired) electrons. The highest BCUT2D eigenvalue weighted by atomic mass is 15.3. The predicted octanol–water partition coefficient (Wildman–Crippen LogP) is -0.350. The largest absolute Gasteiger partial charge is 0.289 e. The maximum atomic E-state index is 8.75. The molecule has 12 heavy (non-hydrogen) atoms. The van der Waals surface area contributed by atoms with Crippen molar-refractivity contribution in [1.29, 1.82) is 10.5 Å². The summed E-state index contributed by atoms with van der Waals surface area (Å²) in [6.45, 7) is 2.90. The highest BCUT2D eigenvalue weighted by Crippen LogP contribution is 2.05. The first-order chi connectivity index (χ1) is 5.77. The molecule has 0 bridgehead atoms. The van der Waals surface area contributed by atoms with Crippen LogP contribution in [0.5, 0.6) is 0 Å². The van der Waals surface area contributed by atoms with Crippen molar-refractivity contribution in [3.8, 4) is 12.1 Å². The monoisotopic (exact) mass is 164 g/mol. The van der Waals surface area contributed by atoms with E-state index in [0.29, 0.717) is 13.1 Å². The Labute approximate surface area is 72.6 Å². The molecule has 1 aliphatic heterocycles. The first kappa shape index (κ1) is 8.99. The Hall–Kier alpha value is -1.10. The van der Waals surface area contributed by atoms with Gasteiger partial charge >= 0.3 is 0 Å². The van der Waals surface area contributed by atoms with Gasteiger partial charge in [0.15, 0.2) is 0 Å². The summed E-state index contributed by atoms with van der Waals surface area (Å²) < 4.78 is 0. The van der Waals surface area contributed by atoms with E-state index in [1.54, 1.807) is 0 Å². The summed E-state index contributed by atoms with van der Waals surface area (Å²) in [6.07, 6.45) is 0. The molecule has 0 spiro atoms. The molecule has 0 aromatic heterocycles. The summed E-state index contributed by atoms with van der Waals surface area (Å²) in [4.78, 5) is 4.03. The number of nitriles is 2. The summed E-state index contributed by atoms with van der Waals surface area (Å²) in [5.41, 5.74) is 0. The second kappa shape index (κ2) is 4.06. The lowest BCUT2D eigenvalue weighted by Gasteiger charge is -2.34. The molecule has 1 atom stereocenters. The number of piperazine rings is 1. The predicted molar refractivity (Wildman–Crippen MR) is 44.1 cm³/mol. The molecule has 1 rings (SSSR count). The van der Waals surface area contributed by atoms with Crippen LogP contribution in [0.15, 0.2) is 0 Å². The van der Waals surface area contributed by atoms with Gasteiger partial charge in [-0.25, -0.2) is 0 Å². The van der Waals surface area contributed by atoms with Crippen molar-refractivity contribution in [2.24, 2.45) is 0 Å². The fraction of sp³-hybridized carbons (Fsp3) is 0.750. The van der Waals surface area contributed by atoms with Crippen LogP contribution >= 0.6 is 0 Å². The first-order valence-corrected chi connectivity index (χ1v) is 3.97. The van der Waals surface area contributed by atoms with Gasteiger partial charge < -0.3 is 0 Å². The lowest BCUT2D eigenvalue weighted by atomic mass is 10.2. The molecule has 4 nitrogen and oxygen atoms in total. The van der Waals surface area contributed by atoms with Gasteiger partial charge in [0.2, 0.25) is 0 Å². The number of hydrogen-bond acceptors (Lipinski definition) is 4. The van der Waals surface area contributed by atoms with Crippen molar-refractivity contribution >= 4 is 0 Å². The van der Waals surface area contributed by atoms with Crippen LogP contribution < -0.4 is 0 Å². The number of nitrogens with zero attached hydrogens (tertiary/aromatic N) is 4. The van der Waals surface area contributed by atoms with Gasteiger partial charge in [0.1, 0.15) is 6.04 Å². The smallest absolute Gasteiger partial charge is 0.110 e. The lowest BCUT2D eigenvalue weighted by Crippen LogP contribution is -2.50. The summed E-state index contributed by atoms with van der Waals surface area (Å²) in [7, 11) is 1.94. The Kier molecular flexibility index (Phi) is 3.04. The van der Waals surface area contributed by atoms with Crippen molar-refractivity contribution in [2.45, 2.75) is 6.04 Å². The fourth-order valence-electron chi connectivity index (χ4n) is 1.31. The molecule has 1 saturated heterocycles. The van der Waals surface area contributed by atoms with Crippen LogP contribution in [-0.2, 0) is 0 Å². The Morgan fingerprint density at radius 2 is 2.17 bits per heavy atom. The molecule has 0 N–H and O–H groups in total. The summed E-state index contributed by atoms with van der Waals surface area (Å²) in [5.74, 6) is 0. The molecule has 1 fully saturated rings. The van der Waals surface area contributed by atoms with Gasteiger partial charge in [0.25, 0.3) is 0 Å². The molecule has 0 aliphatic carbocycles. The average Bonchev–Trinajstić information content (AvgIpc) is 2.09. The third-order valence-corrected chi connectivity index (χ3v) is 2.18. The lowest BCUT2D eigenvalue weighted by molar-refractivity contribution is 0.134. The van der Waals surface area contributed by atoms with E-state index in [1.807, 2.05) is 16.8 Å². The van der Waals surface area contributed by atoms with Crippen molar-refractivity contribution in [1.82, 2.24) is 9.80 Å². The molecule has 1 aliphatic rings. The van der Waals surface area contributed by atoms with Crippen LogP contribution in [0.25, 0.3) is 0 Å². The average molecular weight is 164 g/mol. The van der Waals surface area contributed by atoms with Crippen LogP contribution in [0, 0.1) is 22.7 Å². The fourth-order valence-corrected chi connectivity index (χ4v) is 1.31. The molecule has 0 aromatic rings. The van der Waals surface area contributed by atoms with Gasteiger partial charge in [-0.3, -0.25) is 9.80 Å². The van der Waals surface area contributed by atoms with E-state index in [2.05, 4.69) is 12.1 Å². The highest BCUT2D eigenvalue weighted by molar-refractivity contribution is 4.97. The molecule has 4 heteroatoms. The summed E-state index contributed by atoms with van der Waals surface area (Å²) in [6, 6.07) is 4.26. The Morgan fingerprint density at radius 1 is 1.42 bits per heavy atom. The molecular formula is C8H12N4. The van der Waals surface area contributed by atoms with Crippen molar-refractivity contribution in [2.75, 3.05) is 33.2 Å². The second-order valence-corrected chi connectivity index (χ2v) is 3.02. The number of likely N-dealkylation sites (N-methyl/N-ethyl adjacent to an activating group) is 1. The minimum absolute atomic E-state index is 0.0490. The maximum absolute atomic E-state index is 8.75. The zero-order chi connectivity index (χ0) is 8.97. The zero-order valence-corrected chi connectivity index (χ0v) is 7.19. The second-order valence-electron chi connectivity index (χ2n) is 3.02. The van der Waals surface area contributed by atoms with Crippen LogP contribution in [-0.4, -0.2) is 49.1 Å². The minimum Gasteiger partial charge on any atom is -0.289 e. The van der Waals surface area contributed by atoms with E-state index in [0.717, 1.165) is 13.1 Å². The molecule has 1 heterocycles. The molecular weight excluding hydrogens is 152 g/mol. The van der Waals surface area contributed by atoms with Gasteiger partial charge in [0, 0.05) is 19.6 Å². The topological polar surface area (TPSA) is 54.1 Å². The van der Waals surface area contributed by atoms with Crippen molar-refractivity contribution < 1.29 is 0 Å². The van der Waals surface area contributed by atoms with E-state index in [1.165, 1.54) is 0 Å². The van der Waals surface area contributed by atoms with Gasteiger partial charge in [-0.2, -0.15) is 10.5 Å². The molecule has 64 valence electrons. The van der Waals surface area contributed by atoms with E-state index >= 15 is 0 Å². The highest BCUT2D eigenvalue weighted by Gasteiger charge is 2.23. The number of hydrogen-bond donors (Lipinski definition) is 0. The summed E-state index contributed by atoms with van der Waals surface area (Å²) >= 11 is 0. The van der Waals surface area contributed by atoms with E-state index in [9.17, 15) is 0 Å². The van der Waals surface area contributed by atoms with Gasteiger partial charge in [-0.1, -0.05) is 0 Å². The Balaban J connectivity index is 2.46. The van der Waals surface area contributed by atoms with E-state index < -0.39 is 0 Å². The maximum Gasteiger partial charge on any atom is 0.110 e. The normalized spacial score (nSPS) is 26.1. The molecule has 1 unspecified atom stereocenters. The van der Waals surface area contributed by atoms with Gasteiger partial charge in [-0.05, 0) is 7.05 Å². The third kappa shape index (κ3) is 1.94. The van der Waals surface area contributed by atoms with Gasteiger partial charge in [-0.15, -0.1) is 0 Å². The van der Waals surface area contributed by atoms with E-state index in [-0.39, 0.29) is 6.04 Å². The van der Waals surface area contributed by atoms with Crippen molar-refractivity contribution in [3.05, 3.63) is 0 Å². The summed E-state index contributed by atoms with van der Waals surface area (Å²) in [5, 5.41) is 17.2. The first-order valence-electron chi connectivity index (χ1n) is 3.97. The van der Waals surface area contributed by atoms with Crippen LogP contribution in [0.3, 0.4) is 0 Å². The third-order valence-electron chi connectivity index (χ3n) is 2.18. The Bertz CT molecular complexity index is 224. The quantitative estimate of drug-likeness (QED) is 0.497. The minimum atomic E-state index is -0.0490. The Morgan fingerprint density at radius 3 is 2.75 bits per heavy atom. The zero-order valence-electron chi connectivity index (χ0n) is 7.19. The van der Waals surface area contributed by atoms with E-state index in [4.69, 9.17) is 10.5 Å². The molecule has 0 aromatic carbocycles. The van der Waals surface area contributed by atoms with Crippen molar-refractivity contribution in [3.63, 3.8) is 0 Å². The van der Waals surface area contributed by atoms with Gasteiger partial charge in [0.05, 0.1) is 18.7 Å². The standard InChI is InChI=1S/C8H12N4/c1-11-4-5-12(3-2-9)7-8(11)6-10/h8H,3-5,7H2,1H3.